The second kappa shape index (κ2) is 5.10. The smallest absolute Gasteiger partial charge is 0.0658 e. The van der Waals surface area contributed by atoms with Crippen LogP contribution in [0, 0.1) is 0 Å². The van der Waals surface area contributed by atoms with E-state index in [1.54, 1.807) is 11.8 Å². The molecule has 0 aliphatic heterocycles. The molecule has 0 amide bonds. The van der Waals surface area contributed by atoms with Crippen molar-refractivity contribution in [3.63, 3.8) is 0 Å². The molecule has 1 aliphatic carbocycles. The monoisotopic (exact) mass is 190 g/mol. The summed E-state index contributed by atoms with van der Waals surface area (Å²) >= 11 is 1.73. The Morgan fingerprint density at radius 2 is 2.08 bits per heavy atom. The normalized spacial score (nSPS) is 33.2. The molecule has 3 atom stereocenters. The number of hydrogen-bond acceptors (Lipinski definition) is 3. The fraction of sp³-hybridized carbons (Fsp3) is 1.00. The molecule has 3 unspecified atom stereocenters. The number of rotatable bonds is 3. The van der Waals surface area contributed by atoms with Crippen LogP contribution in [0.5, 0.6) is 0 Å². The summed E-state index contributed by atoms with van der Waals surface area (Å²) in [5, 5.41) is 19.1. The van der Waals surface area contributed by atoms with Crippen molar-refractivity contribution in [2.24, 2.45) is 0 Å². The van der Waals surface area contributed by atoms with Crippen molar-refractivity contribution in [2.45, 2.75) is 49.2 Å². The lowest BCUT2D eigenvalue weighted by molar-refractivity contribution is 0.136. The van der Waals surface area contributed by atoms with Crippen molar-refractivity contribution < 1.29 is 10.2 Å². The Morgan fingerprint density at radius 3 is 2.67 bits per heavy atom. The van der Waals surface area contributed by atoms with Crippen molar-refractivity contribution in [3.8, 4) is 0 Å². The lowest BCUT2D eigenvalue weighted by Gasteiger charge is -2.28. The fourth-order valence-electron chi connectivity index (χ4n) is 1.58. The van der Waals surface area contributed by atoms with Crippen molar-refractivity contribution in [1.82, 2.24) is 0 Å². The molecule has 2 nitrogen and oxygen atoms in total. The lowest BCUT2D eigenvalue weighted by atomic mass is 9.97. The minimum absolute atomic E-state index is 0.141. The molecule has 0 heterocycles. The zero-order chi connectivity index (χ0) is 8.97. The highest BCUT2D eigenvalue weighted by Crippen LogP contribution is 2.31. The van der Waals surface area contributed by atoms with E-state index in [4.69, 9.17) is 5.11 Å². The average Bonchev–Trinajstić information content (AvgIpc) is 2.09. The van der Waals surface area contributed by atoms with E-state index in [1.165, 1.54) is 6.42 Å². The highest BCUT2D eigenvalue weighted by Gasteiger charge is 2.24. The molecular weight excluding hydrogens is 172 g/mol. The molecule has 12 heavy (non-hydrogen) atoms. The third kappa shape index (κ3) is 2.96. The first-order valence-corrected chi connectivity index (χ1v) is 5.62. The van der Waals surface area contributed by atoms with Crippen LogP contribution < -0.4 is 0 Å². The summed E-state index contributed by atoms with van der Waals surface area (Å²) < 4.78 is 0. The van der Waals surface area contributed by atoms with Gasteiger partial charge in [0.25, 0.3) is 0 Å². The molecule has 1 aliphatic rings. The van der Waals surface area contributed by atoms with Gasteiger partial charge in [0.05, 0.1) is 12.7 Å². The summed E-state index contributed by atoms with van der Waals surface area (Å²) in [4.78, 5) is 0. The van der Waals surface area contributed by atoms with Crippen LogP contribution in [0.1, 0.15) is 32.6 Å². The van der Waals surface area contributed by atoms with Gasteiger partial charge in [0.15, 0.2) is 0 Å². The molecule has 0 aromatic rings. The van der Waals surface area contributed by atoms with E-state index in [-0.39, 0.29) is 18.0 Å². The van der Waals surface area contributed by atoms with Crippen molar-refractivity contribution >= 4 is 11.8 Å². The standard InChI is InChI=1S/C9H18O2S/c1-7(6-10)12-9-5-3-2-4-8(9)11/h7-11H,2-6H2,1H3. The Balaban J connectivity index is 2.28. The first-order valence-electron chi connectivity index (χ1n) is 4.68. The maximum absolute atomic E-state index is 9.61. The fourth-order valence-corrected chi connectivity index (χ4v) is 2.88. The van der Waals surface area contributed by atoms with E-state index in [0.717, 1.165) is 19.3 Å². The highest BCUT2D eigenvalue weighted by molar-refractivity contribution is 8.00. The van der Waals surface area contributed by atoms with Crippen LogP contribution in [0.25, 0.3) is 0 Å². The van der Waals surface area contributed by atoms with Gasteiger partial charge in [-0.1, -0.05) is 19.8 Å². The molecule has 1 rings (SSSR count). The van der Waals surface area contributed by atoms with Crippen LogP contribution in [-0.2, 0) is 0 Å². The SMILES string of the molecule is CC(CO)SC1CCCCC1O. The van der Waals surface area contributed by atoms with Gasteiger partial charge in [0.1, 0.15) is 0 Å². The molecule has 0 bridgehead atoms. The topological polar surface area (TPSA) is 40.5 Å². The summed E-state index contributed by atoms with van der Waals surface area (Å²) in [6.45, 7) is 2.22. The maximum Gasteiger partial charge on any atom is 0.0658 e. The second-order valence-electron chi connectivity index (χ2n) is 3.52. The number of hydrogen-bond donors (Lipinski definition) is 2. The van der Waals surface area contributed by atoms with Gasteiger partial charge in [0.2, 0.25) is 0 Å². The zero-order valence-corrected chi connectivity index (χ0v) is 8.39. The Hall–Kier alpha value is 0.270. The molecule has 1 saturated carbocycles. The van der Waals surface area contributed by atoms with Gasteiger partial charge in [-0.25, -0.2) is 0 Å². The summed E-state index contributed by atoms with van der Waals surface area (Å²) in [6.07, 6.45) is 4.29. The third-order valence-corrected chi connectivity index (χ3v) is 3.85. The molecular formula is C9H18O2S. The van der Waals surface area contributed by atoms with E-state index in [0.29, 0.717) is 5.25 Å². The molecule has 0 aromatic carbocycles. The molecule has 1 fully saturated rings. The predicted octanol–water partition coefficient (Wildman–Crippen LogP) is 1.40. The van der Waals surface area contributed by atoms with Crippen LogP contribution in [-0.4, -0.2) is 33.4 Å². The average molecular weight is 190 g/mol. The number of thioether (sulfide) groups is 1. The van der Waals surface area contributed by atoms with Gasteiger partial charge in [-0.05, 0) is 12.8 Å². The van der Waals surface area contributed by atoms with Gasteiger partial charge in [0, 0.05) is 10.5 Å². The maximum atomic E-state index is 9.61. The van der Waals surface area contributed by atoms with Crippen LogP contribution in [0.3, 0.4) is 0 Å². The van der Waals surface area contributed by atoms with E-state index >= 15 is 0 Å². The zero-order valence-electron chi connectivity index (χ0n) is 7.57. The number of aliphatic hydroxyl groups excluding tert-OH is 2. The Kier molecular flexibility index (Phi) is 4.40. The van der Waals surface area contributed by atoms with Crippen molar-refractivity contribution in [2.75, 3.05) is 6.61 Å². The molecule has 0 aromatic heterocycles. The molecule has 2 N–H and O–H groups in total. The molecule has 72 valence electrons. The first-order chi connectivity index (χ1) is 5.74. The summed E-state index contributed by atoms with van der Waals surface area (Å²) in [5.74, 6) is 0. The Labute approximate surface area is 78.4 Å². The van der Waals surface area contributed by atoms with Gasteiger partial charge in [-0.3, -0.25) is 0 Å². The molecule has 0 saturated heterocycles. The molecule has 0 radical (unpaired) electrons. The van der Waals surface area contributed by atoms with Crippen molar-refractivity contribution in [3.05, 3.63) is 0 Å². The van der Waals surface area contributed by atoms with Gasteiger partial charge in [-0.2, -0.15) is 11.8 Å². The van der Waals surface area contributed by atoms with E-state index < -0.39 is 0 Å². The third-order valence-electron chi connectivity index (χ3n) is 2.33. The summed E-state index contributed by atoms with van der Waals surface area (Å²) in [6, 6.07) is 0. The minimum atomic E-state index is -0.141. The van der Waals surface area contributed by atoms with E-state index in [9.17, 15) is 5.11 Å². The van der Waals surface area contributed by atoms with E-state index in [1.807, 2.05) is 6.92 Å². The van der Waals surface area contributed by atoms with E-state index in [2.05, 4.69) is 0 Å². The summed E-state index contributed by atoms with van der Waals surface area (Å²) in [7, 11) is 0. The largest absolute Gasteiger partial charge is 0.395 e. The summed E-state index contributed by atoms with van der Waals surface area (Å²) in [5.41, 5.74) is 0. The van der Waals surface area contributed by atoms with Gasteiger partial charge < -0.3 is 10.2 Å². The van der Waals surface area contributed by atoms with Crippen LogP contribution in [0.15, 0.2) is 0 Å². The highest BCUT2D eigenvalue weighted by atomic mass is 32.2. The second-order valence-corrected chi connectivity index (χ2v) is 5.20. The van der Waals surface area contributed by atoms with Crippen molar-refractivity contribution in [1.29, 1.82) is 0 Å². The Morgan fingerprint density at radius 1 is 1.42 bits per heavy atom. The lowest BCUT2D eigenvalue weighted by Crippen LogP contribution is -2.29. The van der Waals surface area contributed by atoms with Crippen LogP contribution in [0.2, 0.25) is 0 Å². The quantitative estimate of drug-likeness (QED) is 0.707. The molecule has 3 heteroatoms. The minimum Gasteiger partial charge on any atom is -0.395 e. The van der Waals surface area contributed by atoms with Crippen LogP contribution >= 0.6 is 11.8 Å². The Bertz CT molecular complexity index is 130. The number of aliphatic hydroxyl groups is 2. The molecule has 0 spiro atoms. The van der Waals surface area contributed by atoms with Gasteiger partial charge in [-0.15, -0.1) is 0 Å². The first kappa shape index (κ1) is 10.4. The van der Waals surface area contributed by atoms with Crippen LogP contribution in [0.4, 0.5) is 0 Å². The predicted molar refractivity (Wildman–Crippen MR) is 52.4 cm³/mol. The van der Waals surface area contributed by atoms with Gasteiger partial charge >= 0.3 is 0 Å².